The van der Waals surface area contributed by atoms with Crippen LogP contribution in [0.15, 0.2) is 24.3 Å². The molecule has 5 heteroatoms. The highest BCUT2D eigenvalue weighted by Gasteiger charge is 2.42. The van der Waals surface area contributed by atoms with Crippen molar-refractivity contribution in [3.63, 3.8) is 0 Å². The first-order chi connectivity index (χ1) is 10.6. The zero-order valence-electron chi connectivity index (χ0n) is 13.1. The van der Waals surface area contributed by atoms with E-state index in [-0.39, 0.29) is 24.5 Å². The second-order valence-corrected chi connectivity index (χ2v) is 6.12. The molecule has 2 atom stereocenters. The fourth-order valence-electron chi connectivity index (χ4n) is 3.20. The molecule has 118 valence electrons. The molecule has 0 saturated carbocycles. The van der Waals surface area contributed by atoms with Gasteiger partial charge in [-0.05, 0) is 25.3 Å². The largest absolute Gasteiger partial charge is 0.356 e. The first-order valence-electron chi connectivity index (χ1n) is 7.80. The minimum absolute atomic E-state index is 0.00225. The Morgan fingerprint density at radius 2 is 1.82 bits per heavy atom. The Morgan fingerprint density at radius 1 is 1.18 bits per heavy atom. The number of nitrogens with zero attached hydrogens (tertiary/aromatic N) is 2. The monoisotopic (exact) mass is 302 g/mol. The molecule has 2 aliphatic rings. The number of aryl methyl sites for hydroxylation is 1. The van der Waals surface area contributed by atoms with Crippen LogP contribution in [0, 0.1) is 6.92 Å². The van der Waals surface area contributed by atoms with E-state index in [1.165, 1.54) is 0 Å². The maximum Gasteiger partial charge on any atom is 0.254 e. The van der Waals surface area contributed by atoms with Crippen molar-refractivity contribution in [1.82, 2.24) is 9.80 Å². The predicted molar refractivity (Wildman–Crippen MR) is 82.2 cm³/mol. The van der Waals surface area contributed by atoms with Crippen molar-refractivity contribution >= 4 is 11.8 Å². The molecule has 0 unspecified atom stereocenters. The Kier molecular flexibility index (Phi) is 4.16. The van der Waals surface area contributed by atoms with E-state index in [1.54, 1.807) is 11.9 Å². The van der Waals surface area contributed by atoms with Gasteiger partial charge in [-0.25, -0.2) is 0 Å². The second kappa shape index (κ2) is 6.08. The third-order valence-corrected chi connectivity index (χ3v) is 4.56. The third-order valence-electron chi connectivity index (χ3n) is 4.56. The molecule has 22 heavy (non-hydrogen) atoms. The summed E-state index contributed by atoms with van der Waals surface area (Å²) in [5.74, 6) is -0.0847. The highest BCUT2D eigenvalue weighted by Crippen LogP contribution is 2.31. The van der Waals surface area contributed by atoms with Crippen molar-refractivity contribution < 1.29 is 14.3 Å². The van der Waals surface area contributed by atoms with E-state index in [0.717, 1.165) is 37.1 Å². The number of morpholine rings is 1. The summed E-state index contributed by atoms with van der Waals surface area (Å²) in [7, 11) is 1.75. The molecule has 0 N–H and O–H groups in total. The van der Waals surface area contributed by atoms with Gasteiger partial charge in [-0.3, -0.25) is 9.59 Å². The summed E-state index contributed by atoms with van der Waals surface area (Å²) in [5, 5.41) is 0. The Balaban J connectivity index is 1.90. The quantitative estimate of drug-likeness (QED) is 0.832. The first-order valence-corrected chi connectivity index (χ1v) is 7.80. The number of ether oxygens (including phenoxy) is 1. The highest BCUT2D eigenvalue weighted by atomic mass is 16.5. The summed E-state index contributed by atoms with van der Waals surface area (Å²) in [5.41, 5.74) is 2.09. The van der Waals surface area contributed by atoms with E-state index >= 15 is 0 Å². The number of likely N-dealkylation sites (N-methyl/N-ethyl adjacent to an activating group) is 1. The van der Waals surface area contributed by atoms with Crippen LogP contribution in [0.25, 0.3) is 0 Å². The summed E-state index contributed by atoms with van der Waals surface area (Å²) < 4.78 is 5.65. The molecule has 2 heterocycles. The second-order valence-electron chi connectivity index (χ2n) is 6.12. The number of likely N-dealkylation sites (tertiary alicyclic amines) is 1. The summed E-state index contributed by atoms with van der Waals surface area (Å²) in [6, 6.07) is 7.60. The average molecular weight is 302 g/mol. The molecule has 0 aromatic heterocycles. The molecule has 0 bridgehead atoms. The van der Waals surface area contributed by atoms with Gasteiger partial charge in [0.05, 0.1) is 6.04 Å². The minimum atomic E-state index is -0.608. The van der Waals surface area contributed by atoms with Crippen molar-refractivity contribution in [2.75, 3.05) is 26.7 Å². The lowest BCUT2D eigenvalue weighted by atomic mass is 9.96. The Hall–Kier alpha value is -1.88. The van der Waals surface area contributed by atoms with Crippen LogP contribution in [0.3, 0.4) is 0 Å². The van der Waals surface area contributed by atoms with Crippen molar-refractivity contribution in [3.8, 4) is 0 Å². The lowest BCUT2D eigenvalue weighted by Crippen LogP contribution is -2.53. The highest BCUT2D eigenvalue weighted by molar-refractivity contribution is 5.86. The maximum atomic E-state index is 12.8. The summed E-state index contributed by atoms with van der Waals surface area (Å²) in [6.45, 7) is 3.57. The maximum absolute atomic E-state index is 12.8. The van der Waals surface area contributed by atoms with Crippen LogP contribution < -0.4 is 0 Å². The van der Waals surface area contributed by atoms with Gasteiger partial charge in [-0.1, -0.05) is 29.8 Å². The fourth-order valence-corrected chi connectivity index (χ4v) is 3.20. The van der Waals surface area contributed by atoms with Gasteiger partial charge in [0.25, 0.3) is 5.91 Å². The number of amides is 2. The van der Waals surface area contributed by atoms with Gasteiger partial charge in [0.2, 0.25) is 5.91 Å². The Bertz CT molecular complexity index is 564. The zero-order valence-corrected chi connectivity index (χ0v) is 13.1. The number of benzene rings is 1. The van der Waals surface area contributed by atoms with Crippen LogP contribution in [-0.2, 0) is 14.3 Å². The number of rotatable bonds is 2. The molecule has 2 amide bonds. The molecule has 1 aromatic rings. The van der Waals surface area contributed by atoms with Crippen LogP contribution in [0.2, 0.25) is 0 Å². The summed E-state index contributed by atoms with van der Waals surface area (Å²) in [6.07, 6.45) is 1.48. The van der Waals surface area contributed by atoms with Crippen LogP contribution in [0.4, 0.5) is 0 Å². The van der Waals surface area contributed by atoms with Gasteiger partial charge in [-0.15, -0.1) is 0 Å². The lowest BCUT2D eigenvalue weighted by Gasteiger charge is -2.39. The number of hydrogen-bond donors (Lipinski definition) is 0. The molecule has 3 rings (SSSR count). The number of carbonyl (C=O) groups is 2. The van der Waals surface area contributed by atoms with Crippen LogP contribution in [0.1, 0.15) is 30.0 Å². The molecule has 5 nitrogen and oxygen atoms in total. The van der Waals surface area contributed by atoms with E-state index in [0.29, 0.717) is 0 Å². The van der Waals surface area contributed by atoms with E-state index in [2.05, 4.69) is 0 Å². The van der Waals surface area contributed by atoms with E-state index < -0.39 is 6.10 Å². The third kappa shape index (κ3) is 2.73. The van der Waals surface area contributed by atoms with Gasteiger partial charge in [-0.2, -0.15) is 0 Å². The lowest BCUT2D eigenvalue weighted by molar-refractivity contribution is -0.166. The van der Waals surface area contributed by atoms with Crippen molar-refractivity contribution in [2.45, 2.75) is 31.9 Å². The van der Waals surface area contributed by atoms with Crippen molar-refractivity contribution in [2.24, 2.45) is 0 Å². The first kappa shape index (κ1) is 15.0. The zero-order chi connectivity index (χ0) is 15.7. The molecule has 0 radical (unpaired) electrons. The van der Waals surface area contributed by atoms with Crippen LogP contribution >= 0.6 is 0 Å². The van der Waals surface area contributed by atoms with Crippen molar-refractivity contribution in [3.05, 3.63) is 35.4 Å². The van der Waals surface area contributed by atoms with Crippen LogP contribution in [-0.4, -0.2) is 54.5 Å². The van der Waals surface area contributed by atoms with E-state index in [1.807, 2.05) is 36.1 Å². The molecular formula is C17H22N2O3. The smallest absolute Gasteiger partial charge is 0.254 e. The normalized spacial score (nSPS) is 25.6. The van der Waals surface area contributed by atoms with E-state index in [9.17, 15) is 9.59 Å². The minimum Gasteiger partial charge on any atom is -0.356 e. The van der Waals surface area contributed by atoms with E-state index in [4.69, 9.17) is 4.74 Å². The molecule has 2 fully saturated rings. The average Bonchev–Trinajstić information content (AvgIpc) is 3.05. The molecular weight excluding hydrogens is 280 g/mol. The van der Waals surface area contributed by atoms with Gasteiger partial charge >= 0.3 is 0 Å². The molecule has 0 aliphatic carbocycles. The standard InChI is InChI=1S/C17H22N2O3/c1-12-5-7-13(8-6-12)15-16(22-11-14(20)18(15)2)17(21)19-9-3-4-10-19/h5-8,15-16H,3-4,9-11H2,1-2H3/t15-,16+/m0/s1. The molecule has 2 saturated heterocycles. The van der Waals surface area contributed by atoms with Gasteiger partial charge in [0.1, 0.15) is 6.61 Å². The summed E-state index contributed by atoms with van der Waals surface area (Å²) >= 11 is 0. The van der Waals surface area contributed by atoms with Gasteiger partial charge in [0.15, 0.2) is 6.10 Å². The number of hydrogen-bond acceptors (Lipinski definition) is 3. The van der Waals surface area contributed by atoms with Crippen LogP contribution in [0.5, 0.6) is 0 Å². The SMILES string of the molecule is Cc1ccc([C@H]2[C@H](C(=O)N3CCCC3)OCC(=O)N2C)cc1. The predicted octanol–water partition coefficient (Wildman–Crippen LogP) is 1.52. The van der Waals surface area contributed by atoms with Crippen molar-refractivity contribution in [1.29, 1.82) is 0 Å². The van der Waals surface area contributed by atoms with Gasteiger partial charge < -0.3 is 14.5 Å². The molecule has 1 aromatic carbocycles. The Morgan fingerprint density at radius 3 is 2.45 bits per heavy atom. The van der Waals surface area contributed by atoms with Gasteiger partial charge in [0, 0.05) is 20.1 Å². The molecule has 2 aliphatic heterocycles. The topological polar surface area (TPSA) is 49.9 Å². The summed E-state index contributed by atoms with van der Waals surface area (Å²) in [4.78, 5) is 28.3. The fraction of sp³-hybridized carbons (Fsp3) is 0.529. The molecule has 0 spiro atoms. The Labute approximate surface area is 130 Å². The number of carbonyl (C=O) groups excluding carboxylic acids is 2.